The standard InChI is InChI=1S/C9H11N3O2/c1-7(13)8-6-10-9-4-3-5-11(14-2)12(8)9/h3-6,8H,1-2H3. The molecule has 0 aliphatic carbocycles. The van der Waals surface area contributed by atoms with Crippen LogP contribution in [0.3, 0.4) is 0 Å². The second kappa shape index (κ2) is 3.26. The Morgan fingerprint density at radius 1 is 1.64 bits per heavy atom. The number of rotatable bonds is 2. The molecule has 5 nitrogen and oxygen atoms in total. The monoisotopic (exact) mass is 193 g/mol. The first-order valence-corrected chi connectivity index (χ1v) is 4.29. The number of Topliss-reactive ketones (excluding diaryl/α,β-unsaturated/α-hetero) is 1. The summed E-state index contributed by atoms with van der Waals surface area (Å²) in [5, 5.41) is 3.19. The molecule has 1 unspecified atom stereocenters. The Balaban J connectivity index is 2.29. The van der Waals surface area contributed by atoms with Gasteiger partial charge in [0.2, 0.25) is 0 Å². The van der Waals surface area contributed by atoms with Crippen molar-refractivity contribution < 1.29 is 9.63 Å². The third kappa shape index (κ3) is 1.22. The molecule has 0 radical (unpaired) electrons. The molecule has 2 rings (SSSR count). The van der Waals surface area contributed by atoms with Crippen molar-refractivity contribution in [3.8, 4) is 0 Å². The number of carbonyl (C=O) groups is 1. The lowest BCUT2D eigenvalue weighted by Crippen LogP contribution is -2.46. The molecule has 5 heteroatoms. The zero-order valence-corrected chi connectivity index (χ0v) is 8.04. The quantitative estimate of drug-likeness (QED) is 0.639. The molecule has 14 heavy (non-hydrogen) atoms. The topological polar surface area (TPSA) is 45.1 Å². The zero-order valence-electron chi connectivity index (χ0n) is 8.04. The molecule has 74 valence electrons. The molecule has 0 aromatic rings. The Hall–Kier alpha value is -1.62. The number of aliphatic imine (C=N–C) groups is 1. The van der Waals surface area contributed by atoms with Crippen LogP contribution in [0.1, 0.15) is 6.92 Å². The number of allylic oxidation sites excluding steroid dienone is 2. The molecule has 0 bridgehead atoms. The summed E-state index contributed by atoms with van der Waals surface area (Å²) in [6, 6.07) is -0.355. The van der Waals surface area contributed by atoms with Gasteiger partial charge in [-0.05, 0) is 19.1 Å². The smallest absolute Gasteiger partial charge is 0.159 e. The molecular weight excluding hydrogens is 182 g/mol. The Morgan fingerprint density at radius 2 is 2.43 bits per heavy atom. The highest BCUT2D eigenvalue weighted by Crippen LogP contribution is 2.23. The summed E-state index contributed by atoms with van der Waals surface area (Å²) in [6.45, 7) is 1.53. The molecule has 0 N–H and O–H groups in total. The summed E-state index contributed by atoms with van der Waals surface area (Å²) >= 11 is 0. The van der Waals surface area contributed by atoms with E-state index in [9.17, 15) is 4.79 Å². The van der Waals surface area contributed by atoms with Crippen molar-refractivity contribution in [2.45, 2.75) is 13.0 Å². The fraction of sp³-hybridized carbons (Fsp3) is 0.333. The fourth-order valence-corrected chi connectivity index (χ4v) is 1.46. The molecular formula is C9H11N3O2. The van der Waals surface area contributed by atoms with E-state index in [2.05, 4.69) is 4.99 Å². The average Bonchev–Trinajstić information content (AvgIpc) is 2.60. The molecule has 0 saturated heterocycles. The van der Waals surface area contributed by atoms with E-state index in [1.54, 1.807) is 24.5 Å². The normalized spacial score (nSPS) is 23.9. The number of hydrazine groups is 1. The molecule has 0 aromatic heterocycles. The van der Waals surface area contributed by atoms with Crippen molar-refractivity contribution in [3.05, 3.63) is 24.2 Å². The van der Waals surface area contributed by atoms with Crippen LogP contribution in [0.25, 0.3) is 0 Å². The van der Waals surface area contributed by atoms with Crippen molar-refractivity contribution in [3.63, 3.8) is 0 Å². The molecule has 2 aliphatic rings. The van der Waals surface area contributed by atoms with Gasteiger partial charge in [-0.1, -0.05) is 0 Å². The number of hydroxylamine groups is 1. The van der Waals surface area contributed by atoms with Crippen LogP contribution in [0.15, 0.2) is 29.2 Å². The van der Waals surface area contributed by atoms with E-state index >= 15 is 0 Å². The molecule has 0 amide bonds. The van der Waals surface area contributed by atoms with Crippen LogP contribution in [-0.4, -0.2) is 35.3 Å². The van der Waals surface area contributed by atoms with Crippen LogP contribution in [0, 0.1) is 0 Å². The number of hydrogen-bond acceptors (Lipinski definition) is 5. The van der Waals surface area contributed by atoms with Crippen molar-refractivity contribution in [1.29, 1.82) is 0 Å². The van der Waals surface area contributed by atoms with Crippen molar-refractivity contribution >= 4 is 12.0 Å². The minimum atomic E-state index is -0.355. The van der Waals surface area contributed by atoms with Crippen LogP contribution < -0.4 is 0 Å². The van der Waals surface area contributed by atoms with Crippen LogP contribution in [0.4, 0.5) is 0 Å². The van der Waals surface area contributed by atoms with E-state index in [-0.39, 0.29) is 11.8 Å². The summed E-state index contributed by atoms with van der Waals surface area (Å²) < 4.78 is 0. The van der Waals surface area contributed by atoms with Crippen LogP contribution >= 0.6 is 0 Å². The van der Waals surface area contributed by atoms with Crippen molar-refractivity contribution in [1.82, 2.24) is 10.2 Å². The van der Waals surface area contributed by atoms with Gasteiger partial charge in [0.05, 0.1) is 13.3 Å². The largest absolute Gasteiger partial charge is 0.297 e. The van der Waals surface area contributed by atoms with Gasteiger partial charge in [0.15, 0.2) is 5.78 Å². The Morgan fingerprint density at radius 3 is 3.07 bits per heavy atom. The first kappa shape index (κ1) is 8.96. The third-order valence-corrected chi connectivity index (χ3v) is 2.12. The van der Waals surface area contributed by atoms with E-state index in [0.29, 0.717) is 0 Å². The van der Waals surface area contributed by atoms with Gasteiger partial charge < -0.3 is 0 Å². The summed E-state index contributed by atoms with van der Waals surface area (Å²) in [4.78, 5) is 20.5. The van der Waals surface area contributed by atoms with Gasteiger partial charge in [0.25, 0.3) is 0 Å². The Bertz CT molecular complexity index is 346. The van der Waals surface area contributed by atoms with E-state index < -0.39 is 0 Å². The zero-order chi connectivity index (χ0) is 10.1. The maximum atomic E-state index is 11.3. The van der Waals surface area contributed by atoms with Gasteiger partial charge in [-0.25, -0.2) is 10.0 Å². The third-order valence-electron chi connectivity index (χ3n) is 2.12. The number of nitrogens with zero attached hydrogens (tertiary/aromatic N) is 3. The average molecular weight is 193 g/mol. The Labute approximate surface area is 81.9 Å². The molecule has 0 saturated carbocycles. The number of fused-ring (bicyclic) bond motifs is 1. The fourth-order valence-electron chi connectivity index (χ4n) is 1.46. The number of carbonyl (C=O) groups excluding carboxylic acids is 1. The second-order valence-electron chi connectivity index (χ2n) is 3.03. The van der Waals surface area contributed by atoms with E-state index in [1.807, 2.05) is 12.2 Å². The van der Waals surface area contributed by atoms with E-state index in [1.165, 1.54) is 12.1 Å². The highest BCUT2D eigenvalue weighted by Gasteiger charge is 2.33. The lowest BCUT2D eigenvalue weighted by molar-refractivity contribution is -0.221. The van der Waals surface area contributed by atoms with Crippen LogP contribution in [-0.2, 0) is 9.63 Å². The molecule has 0 fully saturated rings. The minimum absolute atomic E-state index is 0.0366. The first-order valence-electron chi connectivity index (χ1n) is 4.29. The summed E-state index contributed by atoms with van der Waals surface area (Å²) in [5.74, 6) is 0.754. The molecule has 2 heterocycles. The second-order valence-corrected chi connectivity index (χ2v) is 3.03. The number of hydrogen-bond donors (Lipinski definition) is 0. The highest BCUT2D eigenvalue weighted by atomic mass is 16.7. The van der Waals surface area contributed by atoms with Crippen LogP contribution in [0.2, 0.25) is 0 Å². The van der Waals surface area contributed by atoms with Crippen molar-refractivity contribution in [2.75, 3.05) is 7.11 Å². The van der Waals surface area contributed by atoms with Crippen LogP contribution in [0.5, 0.6) is 0 Å². The van der Waals surface area contributed by atoms with Gasteiger partial charge in [0.1, 0.15) is 11.9 Å². The summed E-state index contributed by atoms with van der Waals surface area (Å²) in [6.07, 6.45) is 6.99. The van der Waals surface area contributed by atoms with E-state index in [4.69, 9.17) is 4.84 Å². The highest BCUT2D eigenvalue weighted by molar-refractivity contribution is 5.99. The number of ketones is 1. The molecule has 0 spiro atoms. The maximum absolute atomic E-state index is 11.3. The molecule has 1 atom stereocenters. The minimum Gasteiger partial charge on any atom is -0.297 e. The van der Waals surface area contributed by atoms with Crippen molar-refractivity contribution in [2.24, 2.45) is 4.99 Å². The SMILES string of the molecule is CON1C=CC=C2N=CC(C(C)=O)N21. The molecule has 2 aliphatic heterocycles. The lowest BCUT2D eigenvalue weighted by atomic mass is 10.2. The van der Waals surface area contributed by atoms with Gasteiger partial charge in [-0.15, -0.1) is 0 Å². The molecule has 0 aromatic carbocycles. The predicted molar refractivity (Wildman–Crippen MR) is 50.9 cm³/mol. The summed E-state index contributed by atoms with van der Waals surface area (Å²) in [7, 11) is 1.54. The van der Waals surface area contributed by atoms with Gasteiger partial charge >= 0.3 is 0 Å². The van der Waals surface area contributed by atoms with Gasteiger partial charge in [0, 0.05) is 6.21 Å². The lowest BCUT2D eigenvalue weighted by Gasteiger charge is -2.34. The first-order chi connectivity index (χ1) is 6.74. The van der Waals surface area contributed by atoms with E-state index in [0.717, 1.165) is 5.82 Å². The Kier molecular flexibility index (Phi) is 2.09. The predicted octanol–water partition coefficient (Wildman–Crippen LogP) is 0.478. The maximum Gasteiger partial charge on any atom is 0.159 e. The van der Waals surface area contributed by atoms with Gasteiger partial charge in [-0.3, -0.25) is 9.63 Å². The summed E-state index contributed by atoms with van der Waals surface area (Å²) in [5.41, 5.74) is 0. The van der Waals surface area contributed by atoms with Gasteiger partial charge in [-0.2, -0.15) is 5.17 Å².